The summed E-state index contributed by atoms with van der Waals surface area (Å²) in [6.07, 6.45) is -2.42. The maximum atomic E-state index is 12.8. The van der Waals surface area contributed by atoms with Crippen LogP contribution >= 0.6 is 0 Å². The molecule has 1 N–H and O–H groups in total. The van der Waals surface area contributed by atoms with E-state index in [1.807, 2.05) is 0 Å². The number of benzene rings is 1. The van der Waals surface area contributed by atoms with E-state index in [1.54, 1.807) is 12.1 Å². The molecule has 1 aliphatic rings. The molecule has 0 heterocycles. The molecule has 1 aliphatic carbocycles. The van der Waals surface area contributed by atoms with Crippen molar-refractivity contribution in [3.05, 3.63) is 35.6 Å². The van der Waals surface area contributed by atoms with Crippen LogP contribution in [0.15, 0.2) is 24.3 Å². The minimum absolute atomic E-state index is 0.0528. The van der Waals surface area contributed by atoms with Gasteiger partial charge in [-0.05, 0) is 36.5 Å². The Hall–Kier alpha value is -1.14. The SMILES string of the molecule is Fc1ccc(C2CC(NCCOCC(F)(F)F)C2)cc1. The van der Waals surface area contributed by atoms with Gasteiger partial charge < -0.3 is 10.1 Å². The Labute approximate surface area is 115 Å². The van der Waals surface area contributed by atoms with Crippen LogP contribution in [0.1, 0.15) is 24.3 Å². The molecule has 1 aromatic rings. The molecule has 20 heavy (non-hydrogen) atoms. The first kappa shape index (κ1) is 15.3. The van der Waals surface area contributed by atoms with Gasteiger partial charge in [-0.15, -0.1) is 0 Å². The fourth-order valence-electron chi connectivity index (χ4n) is 2.31. The topological polar surface area (TPSA) is 21.3 Å². The van der Waals surface area contributed by atoms with E-state index in [1.165, 1.54) is 12.1 Å². The second-order valence-electron chi connectivity index (χ2n) is 5.04. The van der Waals surface area contributed by atoms with Gasteiger partial charge in [-0.25, -0.2) is 4.39 Å². The van der Waals surface area contributed by atoms with Crippen LogP contribution in [-0.4, -0.2) is 32.0 Å². The molecule has 0 spiro atoms. The fourth-order valence-corrected chi connectivity index (χ4v) is 2.31. The summed E-state index contributed by atoms with van der Waals surface area (Å²) in [5.74, 6) is 0.161. The Morgan fingerprint density at radius 3 is 2.40 bits per heavy atom. The number of hydrogen-bond acceptors (Lipinski definition) is 2. The lowest BCUT2D eigenvalue weighted by molar-refractivity contribution is -0.173. The van der Waals surface area contributed by atoms with Crippen molar-refractivity contribution < 1.29 is 22.3 Å². The molecule has 2 nitrogen and oxygen atoms in total. The molecule has 112 valence electrons. The van der Waals surface area contributed by atoms with Crippen molar-refractivity contribution in [3.8, 4) is 0 Å². The van der Waals surface area contributed by atoms with Crippen LogP contribution in [0.2, 0.25) is 0 Å². The van der Waals surface area contributed by atoms with E-state index in [4.69, 9.17) is 0 Å². The molecule has 0 unspecified atom stereocenters. The summed E-state index contributed by atoms with van der Waals surface area (Å²) in [7, 11) is 0. The van der Waals surface area contributed by atoms with Crippen LogP contribution in [0.5, 0.6) is 0 Å². The second kappa shape index (κ2) is 6.54. The molecule has 0 amide bonds. The number of halogens is 4. The molecule has 0 atom stereocenters. The van der Waals surface area contributed by atoms with Gasteiger partial charge in [-0.1, -0.05) is 12.1 Å². The molecule has 2 rings (SSSR count). The van der Waals surface area contributed by atoms with E-state index in [9.17, 15) is 17.6 Å². The van der Waals surface area contributed by atoms with Gasteiger partial charge in [-0.3, -0.25) is 0 Å². The average molecular weight is 291 g/mol. The number of rotatable bonds is 6. The highest BCUT2D eigenvalue weighted by atomic mass is 19.4. The van der Waals surface area contributed by atoms with Gasteiger partial charge in [0.1, 0.15) is 12.4 Å². The molecule has 0 radical (unpaired) electrons. The third-order valence-corrected chi connectivity index (χ3v) is 3.42. The summed E-state index contributed by atoms with van der Waals surface area (Å²) >= 11 is 0. The van der Waals surface area contributed by atoms with Crippen molar-refractivity contribution in [1.82, 2.24) is 5.32 Å². The fraction of sp³-hybridized carbons (Fsp3) is 0.571. The quantitative estimate of drug-likeness (QED) is 0.642. The normalized spacial score (nSPS) is 22.6. The van der Waals surface area contributed by atoms with Gasteiger partial charge in [0.05, 0.1) is 6.61 Å². The Bertz CT molecular complexity index is 412. The second-order valence-corrected chi connectivity index (χ2v) is 5.04. The lowest BCUT2D eigenvalue weighted by Gasteiger charge is -2.36. The molecule has 0 aliphatic heterocycles. The van der Waals surface area contributed by atoms with Crippen LogP contribution in [-0.2, 0) is 4.74 Å². The van der Waals surface area contributed by atoms with E-state index in [2.05, 4.69) is 10.1 Å². The summed E-state index contributed by atoms with van der Waals surface area (Å²) in [5.41, 5.74) is 1.11. The molecule has 0 aromatic heterocycles. The molecule has 0 saturated heterocycles. The first-order valence-electron chi connectivity index (χ1n) is 6.57. The predicted octanol–water partition coefficient (Wildman–Crippen LogP) is 3.24. The predicted molar refractivity (Wildman–Crippen MR) is 67.0 cm³/mol. The lowest BCUT2D eigenvalue weighted by atomic mass is 9.76. The molecule has 0 bridgehead atoms. The van der Waals surface area contributed by atoms with Gasteiger partial charge in [-0.2, -0.15) is 13.2 Å². The summed E-state index contributed by atoms with van der Waals surface area (Å²) in [6.45, 7) is -0.730. The zero-order chi connectivity index (χ0) is 14.6. The minimum atomic E-state index is -4.26. The van der Waals surface area contributed by atoms with Crippen molar-refractivity contribution >= 4 is 0 Å². The zero-order valence-electron chi connectivity index (χ0n) is 10.9. The Balaban J connectivity index is 1.57. The summed E-state index contributed by atoms with van der Waals surface area (Å²) in [4.78, 5) is 0. The molecular formula is C14H17F4NO. The maximum absolute atomic E-state index is 12.8. The van der Waals surface area contributed by atoms with Crippen molar-refractivity contribution in [3.63, 3.8) is 0 Å². The summed E-state index contributed by atoms with van der Waals surface area (Å²) < 4.78 is 52.7. The highest BCUT2D eigenvalue weighted by molar-refractivity contribution is 5.23. The first-order chi connectivity index (χ1) is 9.44. The number of hydrogen-bond donors (Lipinski definition) is 1. The largest absolute Gasteiger partial charge is 0.411 e. The Kier molecular flexibility index (Phi) is 4.99. The molecule has 1 saturated carbocycles. The van der Waals surface area contributed by atoms with Crippen molar-refractivity contribution in [2.75, 3.05) is 19.8 Å². The first-order valence-corrected chi connectivity index (χ1v) is 6.57. The smallest absolute Gasteiger partial charge is 0.371 e. The number of alkyl halides is 3. The maximum Gasteiger partial charge on any atom is 0.411 e. The Morgan fingerprint density at radius 1 is 1.15 bits per heavy atom. The van der Waals surface area contributed by atoms with E-state index >= 15 is 0 Å². The summed E-state index contributed by atoms with van der Waals surface area (Å²) in [6, 6.07) is 6.76. The highest BCUT2D eigenvalue weighted by Crippen LogP contribution is 2.36. The third-order valence-electron chi connectivity index (χ3n) is 3.42. The molecule has 1 fully saturated rings. The van der Waals surface area contributed by atoms with E-state index < -0.39 is 12.8 Å². The van der Waals surface area contributed by atoms with Gasteiger partial charge in [0.2, 0.25) is 0 Å². The van der Waals surface area contributed by atoms with E-state index in [-0.39, 0.29) is 12.4 Å². The van der Waals surface area contributed by atoms with Crippen LogP contribution in [0, 0.1) is 5.82 Å². The van der Waals surface area contributed by atoms with Gasteiger partial charge in [0, 0.05) is 12.6 Å². The van der Waals surface area contributed by atoms with Crippen molar-refractivity contribution in [2.45, 2.75) is 31.0 Å². The Morgan fingerprint density at radius 2 is 1.80 bits per heavy atom. The highest BCUT2D eigenvalue weighted by Gasteiger charge is 2.30. The van der Waals surface area contributed by atoms with Crippen molar-refractivity contribution in [1.29, 1.82) is 0 Å². The number of nitrogens with one attached hydrogen (secondary N) is 1. The molecular weight excluding hydrogens is 274 g/mol. The van der Waals surface area contributed by atoms with Crippen LogP contribution in [0.3, 0.4) is 0 Å². The standard InChI is InChI=1S/C14H17F4NO/c15-12-3-1-10(2-4-12)11-7-13(8-11)19-5-6-20-9-14(16,17)18/h1-4,11,13,19H,5-9H2. The van der Waals surface area contributed by atoms with Crippen LogP contribution in [0.4, 0.5) is 17.6 Å². The lowest BCUT2D eigenvalue weighted by Crippen LogP contribution is -2.41. The number of ether oxygens (including phenoxy) is 1. The van der Waals surface area contributed by atoms with E-state index in [0.29, 0.717) is 18.5 Å². The monoisotopic (exact) mass is 291 g/mol. The van der Waals surface area contributed by atoms with Gasteiger partial charge in [0.15, 0.2) is 0 Å². The minimum Gasteiger partial charge on any atom is -0.371 e. The van der Waals surface area contributed by atoms with Crippen molar-refractivity contribution in [2.24, 2.45) is 0 Å². The van der Waals surface area contributed by atoms with Crippen LogP contribution in [0.25, 0.3) is 0 Å². The van der Waals surface area contributed by atoms with Gasteiger partial charge >= 0.3 is 6.18 Å². The average Bonchev–Trinajstić information content (AvgIpc) is 2.31. The third kappa shape index (κ3) is 4.76. The van der Waals surface area contributed by atoms with Gasteiger partial charge in [0.25, 0.3) is 0 Å². The molecule has 1 aromatic carbocycles. The zero-order valence-corrected chi connectivity index (χ0v) is 10.9. The van der Waals surface area contributed by atoms with Crippen LogP contribution < -0.4 is 5.32 Å². The van der Waals surface area contributed by atoms with E-state index in [0.717, 1.165) is 18.4 Å². The summed E-state index contributed by atoms with van der Waals surface area (Å²) in [5, 5.41) is 3.15. The molecule has 6 heteroatoms.